The molecule has 0 fully saturated rings. The van der Waals surface area contributed by atoms with E-state index < -0.39 is 0 Å². The van der Waals surface area contributed by atoms with Gasteiger partial charge in [0.05, 0.1) is 11.4 Å². The highest BCUT2D eigenvalue weighted by atomic mass is 32.1. The van der Waals surface area contributed by atoms with Crippen molar-refractivity contribution in [3.63, 3.8) is 0 Å². The lowest BCUT2D eigenvalue weighted by atomic mass is 10.1. The molecule has 0 aliphatic rings. The minimum Gasteiger partial charge on any atom is -0.256 e. The Balaban J connectivity index is 0.000000128. The third-order valence-electron chi connectivity index (χ3n) is 4.85. The summed E-state index contributed by atoms with van der Waals surface area (Å²) in [5.74, 6) is 0. The van der Waals surface area contributed by atoms with Crippen LogP contribution in [0.5, 0.6) is 0 Å². The molecule has 30 heavy (non-hydrogen) atoms. The second-order valence-corrected chi connectivity index (χ2v) is 8.61. The maximum Gasteiger partial charge on any atom is 0.0788 e. The predicted molar refractivity (Wildman–Crippen MR) is 130 cm³/mol. The molecule has 0 atom stereocenters. The minimum absolute atomic E-state index is 1.08. The number of hydrogen-bond donors (Lipinski definition) is 0. The van der Waals surface area contributed by atoms with Crippen molar-refractivity contribution in [1.82, 2.24) is 9.97 Å². The molecule has 0 N–H and O–H groups in total. The number of benzene rings is 2. The van der Waals surface area contributed by atoms with Gasteiger partial charge in [0.15, 0.2) is 0 Å². The molecule has 2 aromatic carbocycles. The van der Waals surface area contributed by atoms with Gasteiger partial charge in [-0.3, -0.25) is 9.97 Å². The van der Waals surface area contributed by atoms with Crippen molar-refractivity contribution >= 4 is 42.8 Å². The third-order valence-corrected chi connectivity index (χ3v) is 6.62. The second-order valence-electron chi connectivity index (χ2n) is 6.72. The Bertz CT molecular complexity index is 1280. The Kier molecular flexibility index (Phi) is 5.34. The molecular formula is C26H18N2S2. The van der Waals surface area contributed by atoms with Gasteiger partial charge in [-0.2, -0.15) is 0 Å². The molecule has 4 heteroatoms. The highest BCUT2D eigenvalue weighted by Gasteiger charge is 2.05. The molecule has 144 valence electrons. The minimum atomic E-state index is 1.08. The van der Waals surface area contributed by atoms with Crippen LogP contribution in [0.4, 0.5) is 0 Å². The van der Waals surface area contributed by atoms with E-state index in [4.69, 9.17) is 0 Å². The zero-order valence-corrected chi connectivity index (χ0v) is 17.7. The van der Waals surface area contributed by atoms with E-state index in [2.05, 4.69) is 69.3 Å². The maximum atomic E-state index is 4.46. The molecular weight excluding hydrogens is 404 g/mol. The van der Waals surface area contributed by atoms with Crippen LogP contribution in [0.1, 0.15) is 0 Å². The number of fused-ring (bicyclic) bond motifs is 2. The molecule has 0 unspecified atom stereocenters. The number of aromatic nitrogens is 2. The predicted octanol–water partition coefficient (Wildman–Crippen LogP) is 7.93. The third kappa shape index (κ3) is 3.75. The summed E-state index contributed by atoms with van der Waals surface area (Å²) in [4.78, 5) is 8.91. The van der Waals surface area contributed by atoms with Crippen LogP contribution in [-0.2, 0) is 0 Å². The van der Waals surface area contributed by atoms with Gasteiger partial charge in [0.25, 0.3) is 0 Å². The van der Waals surface area contributed by atoms with Gasteiger partial charge in [-0.15, -0.1) is 22.7 Å². The van der Waals surface area contributed by atoms with Gasteiger partial charge in [-0.1, -0.05) is 60.7 Å². The highest BCUT2D eigenvalue weighted by Crippen LogP contribution is 2.30. The van der Waals surface area contributed by atoms with Crippen molar-refractivity contribution < 1.29 is 0 Å². The first-order valence-electron chi connectivity index (χ1n) is 9.65. The summed E-state index contributed by atoms with van der Waals surface area (Å²) in [7, 11) is 0. The SMILES string of the molecule is c1ccc(-c2nccc3sccc23)cc1.c1ccc(-c2nccc3sccc23)cc1. The van der Waals surface area contributed by atoms with Gasteiger partial charge in [0, 0.05) is 43.7 Å². The van der Waals surface area contributed by atoms with Gasteiger partial charge in [-0.25, -0.2) is 0 Å². The molecule has 4 heterocycles. The summed E-state index contributed by atoms with van der Waals surface area (Å²) in [6.07, 6.45) is 3.75. The molecule has 0 bridgehead atoms. The van der Waals surface area contributed by atoms with Crippen LogP contribution in [-0.4, -0.2) is 9.97 Å². The highest BCUT2D eigenvalue weighted by molar-refractivity contribution is 7.17. The van der Waals surface area contributed by atoms with Crippen molar-refractivity contribution in [3.05, 3.63) is 108 Å². The smallest absolute Gasteiger partial charge is 0.0788 e. The van der Waals surface area contributed by atoms with Crippen LogP contribution in [0.25, 0.3) is 42.7 Å². The van der Waals surface area contributed by atoms with Crippen molar-refractivity contribution in [1.29, 1.82) is 0 Å². The van der Waals surface area contributed by atoms with Crippen LogP contribution in [0.15, 0.2) is 108 Å². The van der Waals surface area contributed by atoms with Crippen LogP contribution >= 0.6 is 22.7 Å². The number of hydrogen-bond acceptors (Lipinski definition) is 4. The summed E-state index contributed by atoms with van der Waals surface area (Å²) in [6, 6.07) is 29.0. The summed E-state index contributed by atoms with van der Waals surface area (Å²) >= 11 is 3.51. The molecule has 0 spiro atoms. The van der Waals surface area contributed by atoms with Crippen molar-refractivity contribution in [2.24, 2.45) is 0 Å². The molecule has 0 saturated heterocycles. The fourth-order valence-corrected chi connectivity index (χ4v) is 5.01. The fraction of sp³-hybridized carbons (Fsp3) is 0. The van der Waals surface area contributed by atoms with E-state index in [0.29, 0.717) is 0 Å². The van der Waals surface area contributed by atoms with Gasteiger partial charge >= 0.3 is 0 Å². The maximum absolute atomic E-state index is 4.46. The Morgan fingerprint density at radius 3 is 1.33 bits per heavy atom. The lowest BCUT2D eigenvalue weighted by Gasteiger charge is -2.01. The summed E-state index contributed by atoms with van der Waals surface area (Å²) in [5, 5.41) is 6.71. The van der Waals surface area contributed by atoms with Crippen LogP contribution in [0.2, 0.25) is 0 Å². The van der Waals surface area contributed by atoms with E-state index in [0.717, 1.165) is 11.4 Å². The molecule has 0 radical (unpaired) electrons. The van der Waals surface area contributed by atoms with Gasteiger partial charge < -0.3 is 0 Å². The van der Waals surface area contributed by atoms with Crippen LogP contribution in [0, 0.1) is 0 Å². The quantitative estimate of drug-likeness (QED) is 0.283. The van der Waals surface area contributed by atoms with Crippen molar-refractivity contribution in [2.45, 2.75) is 0 Å². The lowest BCUT2D eigenvalue weighted by Crippen LogP contribution is -1.82. The van der Waals surface area contributed by atoms with Crippen molar-refractivity contribution in [2.75, 3.05) is 0 Å². The topological polar surface area (TPSA) is 25.8 Å². The first-order chi connectivity index (χ1) is 14.9. The second kappa shape index (κ2) is 8.57. The molecule has 6 rings (SSSR count). The van der Waals surface area contributed by atoms with Crippen molar-refractivity contribution in [3.8, 4) is 22.5 Å². The van der Waals surface area contributed by atoms with E-state index in [1.165, 1.54) is 31.3 Å². The molecule has 0 amide bonds. The van der Waals surface area contributed by atoms with E-state index in [1.54, 1.807) is 22.7 Å². The van der Waals surface area contributed by atoms with E-state index in [9.17, 15) is 0 Å². The monoisotopic (exact) mass is 422 g/mol. The zero-order valence-electron chi connectivity index (χ0n) is 16.1. The largest absolute Gasteiger partial charge is 0.256 e. The molecule has 0 aliphatic carbocycles. The first-order valence-corrected chi connectivity index (χ1v) is 11.4. The standard InChI is InChI=1S/2C13H9NS/c2*1-2-4-10(5-3-1)13-11-7-9-15-12(11)6-8-14-13/h2*1-9H. The Morgan fingerprint density at radius 1 is 0.467 bits per heavy atom. The molecule has 0 aliphatic heterocycles. The Hall–Kier alpha value is -3.34. The Labute approximate surface area is 183 Å². The van der Waals surface area contributed by atoms with E-state index in [-0.39, 0.29) is 0 Å². The lowest BCUT2D eigenvalue weighted by molar-refractivity contribution is 1.36. The average Bonchev–Trinajstić information content (AvgIpc) is 3.50. The molecule has 0 saturated carbocycles. The number of nitrogens with zero attached hydrogens (tertiary/aromatic N) is 2. The summed E-state index contributed by atoms with van der Waals surface area (Å²) < 4.78 is 2.59. The fourth-order valence-electron chi connectivity index (χ4n) is 3.44. The molecule has 2 nitrogen and oxygen atoms in total. The van der Waals surface area contributed by atoms with Crippen LogP contribution < -0.4 is 0 Å². The van der Waals surface area contributed by atoms with Gasteiger partial charge in [0.1, 0.15) is 0 Å². The number of pyridine rings is 2. The summed E-state index contributed by atoms with van der Waals surface area (Å²) in [6.45, 7) is 0. The average molecular weight is 423 g/mol. The first kappa shape index (κ1) is 18.7. The van der Waals surface area contributed by atoms with Gasteiger partial charge in [0.2, 0.25) is 0 Å². The molecule has 6 aromatic rings. The Morgan fingerprint density at radius 2 is 0.900 bits per heavy atom. The number of rotatable bonds is 2. The summed E-state index contributed by atoms with van der Waals surface area (Å²) in [5.41, 5.74) is 4.52. The molecule has 4 aromatic heterocycles. The van der Waals surface area contributed by atoms with Gasteiger partial charge in [-0.05, 0) is 35.0 Å². The van der Waals surface area contributed by atoms with E-state index >= 15 is 0 Å². The van der Waals surface area contributed by atoms with Crippen LogP contribution in [0.3, 0.4) is 0 Å². The number of thiophene rings is 2. The van der Waals surface area contributed by atoms with E-state index in [1.807, 2.05) is 48.8 Å². The zero-order chi connectivity index (χ0) is 20.2. The normalized spacial score (nSPS) is 10.7.